The van der Waals surface area contributed by atoms with Crippen molar-refractivity contribution >= 4 is 5.91 Å². The number of phenolic OH excluding ortho intramolecular Hbond substituents is 1. The maximum absolute atomic E-state index is 11.7. The number of benzene rings is 1. The molecular formula is C14H18N2O2. The smallest absolute Gasteiger partial charge is 0.237 e. The highest BCUT2D eigenvalue weighted by atomic mass is 16.3. The number of amides is 1. The summed E-state index contributed by atoms with van der Waals surface area (Å²) >= 11 is 0. The Hall–Kier alpha value is -1.55. The summed E-state index contributed by atoms with van der Waals surface area (Å²) in [7, 11) is 0. The number of hydrogen-bond donors (Lipinski definition) is 3. The highest BCUT2D eigenvalue weighted by molar-refractivity contribution is 5.82. The van der Waals surface area contributed by atoms with Gasteiger partial charge in [0.05, 0.1) is 6.04 Å². The summed E-state index contributed by atoms with van der Waals surface area (Å²) in [5.74, 6) is 0.443. The Morgan fingerprint density at radius 2 is 2.17 bits per heavy atom. The van der Waals surface area contributed by atoms with Crippen LogP contribution in [-0.4, -0.2) is 23.6 Å². The van der Waals surface area contributed by atoms with Crippen molar-refractivity contribution < 1.29 is 9.90 Å². The van der Waals surface area contributed by atoms with Crippen LogP contribution in [0.15, 0.2) is 18.2 Å². The summed E-state index contributed by atoms with van der Waals surface area (Å²) in [4.78, 5) is 11.7. The van der Waals surface area contributed by atoms with Crippen molar-refractivity contribution in [1.82, 2.24) is 10.6 Å². The maximum Gasteiger partial charge on any atom is 0.237 e. The average Bonchev–Trinajstić information content (AvgIpc) is 2.74. The summed E-state index contributed by atoms with van der Waals surface area (Å²) in [6.45, 7) is 0.798. The first-order valence-electron chi connectivity index (χ1n) is 6.59. The van der Waals surface area contributed by atoms with Crippen LogP contribution in [0.1, 0.15) is 36.4 Å². The molecule has 0 saturated carbocycles. The van der Waals surface area contributed by atoms with Crippen molar-refractivity contribution in [2.75, 3.05) is 6.54 Å². The standard InChI is InChI=1S/C14H18N2O2/c17-10-4-5-11-9(8-10)3-6-12(11)16-13-2-1-7-15-14(13)18/h4-5,8,12-13,16-17H,1-3,6-7H2,(H,15,18). The third-order valence-electron chi connectivity index (χ3n) is 3.89. The molecule has 0 spiro atoms. The van der Waals surface area contributed by atoms with Gasteiger partial charge in [0.2, 0.25) is 5.91 Å². The van der Waals surface area contributed by atoms with E-state index in [9.17, 15) is 9.90 Å². The van der Waals surface area contributed by atoms with Gasteiger partial charge in [-0.2, -0.15) is 0 Å². The number of carbonyl (C=O) groups excluding carboxylic acids is 1. The van der Waals surface area contributed by atoms with Crippen LogP contribution in [0.5, 0.6) is 5.75 Å². The normalized spacial score (nSPS) is 26.8. The molecule has 1 aliphatic heterocycles. The first kappa shape index (κ1) is 11.5. The van der Waals surface area contributed by atoms with Gasteiger partial charge in [0, 0.05) is 12.6 Å². The molecule has 0 aromatic heterocycles. The zero-order chi connectivity index (χ0) is 12.5. The molecule has 1 heterocycles. The Morgan fingerprint density at radius 3 is 3.00 bits per heavy atom. The second-order valence-corrected chi connectivity index (χ2v) is 5.13. The third kappa shape index (κ3) is 2.08. The molecule has 1 aromatic carbocycles. The van der Waals surface area contributed by atoms with Gasteiger partial charge in [-0.3, -0.25) is 10.1 Å². The summed E-state index contributed by atoms with van der Waals surface area (Å²) < 4.78 is 0. The van der Waals surface area contributed by atoms with Crippen LogP contribution < -0.4 is 10.6 Å². The van der Waals surface area contributed by atoms with Crippen LogP contribution in [0, 0.1) is 0 Å². The molecule has 96 valence electrons. The number of hydrogen-bond acceptors (Lipinski definition) is 3. The van der Waals surface area contributed by atoms with Crippen LogP contribution >= 0.6 is 0 Å². The molecule has 2 unspecified atom stereocenters. The number of fused-ring (bicyclic) bond motifs is 1. The topological polar surface area (TPSA) is 61.4 Å². The van der Waals surface area contributed by atoms with Crippen molar-refractivity contribution in [3.63, 3.8) is 0 Å². The minimum atomic E-state index is -0.0662. The van der Waals surface area contributed by atoms with Crippen LogP contribution in [0.2, 0.25) is 0 Å². The predicted octanol–water partition coefficient (Wildman–Crippen LogP) is 1.25. The van der Waals surface area contributed by atoms with E-state index in [-0.39, 0.29) is 18.0 Å². The highest BCUT2D eigenvalue weighted by Gasteiger charge is 2.29. The summed E-state index contributed by atoms with van der Waals surface area (Å²) in [5.41, 5.74) is 2.43. The van der Waals surface area contributed by atoms with E-state index < -0.39 is 0 Å². The molecule has 2 aliphatic rings. The van der Waals surface area contributed by atoms with Crippen molar-refractivity contribution in [1.29, 1.82) is 0 Å². The first-order chi connectivity index (χ1) is 8.74. The van der Waals surface area contributed by atoms with Gasteiger partial charge in [0.15, 0.2) is 0 Å². The molecule has 1 aliphatic carbocycles. The lowest BCUT2D eigenvalue weighted by molar-refractivity contribution is -0.124. The van der Waals surface area contributed by atoms with Gasteiger partial charge < -0.3 is 10.4 Å². The zero-order valence-electron chi connectivity index (χ0n) is 10.3. The summed E-state index contributed by atoms with van der Waals surface area (Å²) in [6.07, 6.45) is 3.92. The largest absolute Gasteiger partial charge is 0.508 e. The molecule has 4 nitrogen and oxygen atoms in total. The predicted molar refractivity (Wildman–Crippen MR) is 68.3 cm³/mol. The van der Waals surface area contributed by atoms with Gasteiger partial charge in [0.1, 0.15) is 5.75 Å². The molecule has 4 heteroatoms. The van der Waals surface area contributed by atoms with Gasteiger partial charge in [-0.1, -0.05) is 6.07 Å². The molecule has 1 saturated heterocycles. The van der Waals surface area contributed by atoms with Crippen LogP contribution in [0.3, 0.4) is 0 Å². The number of nitrogens with one attached hydrogen (secondary N) is 2. The lowest BCUT2D eigenvalue weighted by Crippen LogP contribution is -2.49. The molecule has 18 heavy (non-hydrogen) atoms. The Bertz CT molecular complexity index is 473. The van der Waals surface area contributed by atoms with Gasteiger partial charge in [-0.25, -0.2) is 0 Å². The Morgan fingerprint density at radius 1 is 1.28 bits per heavy atom. The zero-order valence-corrected chi connectivity index (χ0v) is 10.3. The minimum absolute atomic E-state index is 0.0662. The average molecular weight is 246 g/mol. The monoisotopic (exact) mass is 246 g/mol. The quantitative estimate of drug-likeness (QED) is 0.736. The van der Waals surface area contributed by atoms with E-state index in [4.69, 9.17) is 0 Å². The van der Waals surface area contributed by atoms with E-state index in [0.717, 1.165) is 32.2 Å². The fourth-order valence-electron chi connectivity index (χ4n) is 2.95. The molecular weight excluding hydrogens is 228 g/mol. The van der Waals surface area contributed by atoms with Crippen LogP contribution in [0.25, 0.3) is 0 Å². The number of phenols is 1. The van der Waals surface area contributed by atoms with E-state index in [1.807, 2.05) is 12.1 Å². The lowest BCUT2D eigenvalue weighted by atomic mass is 10.0. The second-order valence-electron chi connectivity index (χ2n) is 5.13. The minimum Gasteiger partial charge on any atom is -0.508 e. The first-order valence-corrected chi connectivity index (χ1v) is 6.59. The third-order valence-corrected chi connectivity index (χ3v) is 3.89. The van der Waals surface area contributed by atoms with E-state index in [1.54, 1.807) is 6.07 Å². The number of carbonyl (C=O) groups is 1. The Labute approximate surface area is 106 Å². The molecule has 1 aromatic rings. The number of aryl methyl sites for hydroxylation is 1. The van der Waals surface area contributed by atoms with Crippen LogP contribution in [-0.2, 0) is 11.2 Å². The molecule has 2 atom stereocenters. The molecule has 1 amide bonds. The molecule has 1 fully saturated rings. The van der Waals surface area contributed by atoms with E-state index >= 15 is 0 Å². The highest BCUT2D eigenvalue weighted by Crippen LogP contribution is 2.33. The van der Waals surface area contributed by atoms with Gasteiger partial charge in [0.25, 0.3) is 0 Å². The van der Waals surface area contributed by atoms with E-state index in [2.05, 4.69) is 10.6 Å². The number of rotatable bonds is 2. The van der Waals surface area contributed by atoms with Crippen molar-refractivity contribution in [2.45, 2.75) is 37.8 Å². The van der Waals surface area contributed by atoms with E-state index in [1.165, 1.54) is 11.1 Å². The van der Waals surface area contributed by atoms with Gasteiger partial charge in [-0.15, -0.1) is 0 Å². The molecule has 0 radical (unpaired) electrons. The fraction of sp³-hybridized carbons (Fsp3) is 0.500. The summed E-state index contributed by atoms with van der Waals surface area (Å²) in [5, 5.41) is 15.8. The SMILES string of the molecule is O=C1NCCCC1NC1CCc2cc(O)ccc21. The molecule has 3 N–H and O–H groups in total. The molecule has 0 bridgehead atoms. The number of aromatic hydroxyl groups is 1. The van der Waals surface area contributed by atoms with Gasteiger partial charge >= 0.3 is 0 Å². The fourth-order valence-corrected chi connectivity index (χ4v) is 2.95. The lowest BCUT2D eigenvalue weighted by Gasteiger charge is -2.26. The van der Waals surface area contributed by atoms with Crippen molar-refractivity contribution in [2.24, 2.45) is 0 Å². The Balaban J connectivity index is 1.74. The Kier molecular flexibility index (Phi) is 2.96. The summed E-state index contributed by atoms with van der Waals surface area (Å²) in [6, 6.07) is 5.70. The van der Waals surface area contributed by atoms with Gasteiger partial charge in [-0.05, 0) is 48.9 Å². The number of piperidine rings is 1. The van der Waals surface area contributed by atoms with Crippen molar-refractivity contribution in [3.8, 4) is 5.75 Å². The van der Waals surface area contributed by atoms with Crippen LogP contribution in [0.4, 0.5) is 0 Å². The maximum atomic E-state index is 11.7. The van der Waals surface area contributed by atoms with E-state index in [0.29, 0.717) is 5.75 Å². The van der Waals surface area contributed by atoms with Crippen molar-refractivity contribution in [3.05, 3.63) is 29.3 Å². The molecule has 3 rings (SSSR count). The second kappa shape index (κ2) is 4.61.